The molecule has 2 N–H and O–H groups in total. The minimum absolute atomic E-state index is 0.523. The molecule has 0 bridgehead atoms. The van der Waals surface area contributed by atoms with Crippen LogP contribution in [-0.2, 0) is 11.2 Å². The fourth-order valence-corrected chi connectivity index (χ4v) is 3.21. The normalized spacial score (nSPS) is 12.2. The van der Waals surface area contributed by atoms with Crippen LogP contribution >= 0.6 is 11.3 Å². The Kier molecular flexibility index (Phi) is 4.34. The van der Waals surface area contributed by atoms with Gasteiger partial charge in [-0.3, -0.25) is 0 Å². The molecular weight excluding hydrogens is 296 g/mol. The molecule has 0 aliphatic rings. The van der Waals surface area contributed by atoms with Crippen molar-refractivity contribution in [2.45, 2.75) is 18.9 Å². The predicted octanol–water partition coefficient (Wildman–Crippen LogP) is 3.79. The van der Waals surface area contributed by atoms with Crippen LogP contribution in [0.5, 0.6) is 0 Å². The molecule has 112 valence electrons. The summed E-state index contributed by atoms with van der Waals surface area (Å²) in [6.45, 7) is 0. The Balaban J connectivity index is 1.70. The van der Waals surface area contributed by atoms with Crippen LogP contribution in [0.3, 0.4) is 0 Å². The van der Waals surface area contributed by atoms with Gasteiger partial charge in [-0.25, -0.2) is 9.78 Å². The standard InChI is InChI=1S/C17H16N2O2S/c20-16(21)14(11-10-12-6-2-1-3-7-12)19-17-18-13-8-4-5-9-15(13)22-17/h1-9,14H,10-11H2,(H,18,19)(H,20,21). The van der Waals surface area contributed by atoms with E-state index in [0.717, 1.165) is 22.2 Å². The molecule has 1 atom stereocenters. The monoisotopic (exact) mass is 312 g/mol. The molecule has 1 unspecified atom stereocenters. The van der Waals surface area contributed by atoms with Crippen molar-refractivity contribution in [1.82, 2.24) is 4.98 Å². The predicted molar refractivity (Wildman–Crippen MR) is 89.4 cm³/mol. The van der Waals surface area contributed by atoms with Crippen LogP contribution in [0.2, 0.25) is 0 Å². The number of anilines is 1. The first-order valence-corrected chi connectivity index (χ1v) is 7.93. The fraction of sp³-hybridized carbons (Fsp3) is 0.176. The van der Waals surface area contributed by atoms with Crippen molar-refractivity contribution in [2.75, 3.05) is 5.32 Å². The number of aromatic nitrogens is 1. The van der Waals surface area contributed by atoms with Crippen LogP contribution in [-0.4, -0.2) is 22.1 Å². The first-order valence-electron chi connectivity index (χ1n) is 7.11. The molecule has 1 heterocycles. The van der Waals surface area contributed by atoms with Crippen LogP contribution in [0.1, 0.15) is 12.0 Å². The Morgan fingerprint density at radius 2 is 1.86 bits per heavy atom. The summed E-state index contributed by atoms with van der Waals surface area (Å²) in [4.78, 5) is 15.9. The second-order valence-corrected chi connectivity index (χ2v) is 6.08. The number of carbonyl (C=O) groups is 1. The van der Waals surface area contributed by atoms with E-state index in [2.05, 4.69) is 10.3 Å². The lowest BCUT2D eigenvalue weighted by atomic mass is 10.1. The lowest BCUT2D eigenvalue weighted by Gasteiger charge is -2.13. The van der Waals surface area contributed by atoms with Crippen molar-refractivity contribution < 1.29 is 9.90 Å². The molecule has 0 saturated carbocycles. The van der Waals surface area contributed by atoms with Crippen molar-refractivity contribution in [3.8, 4) is 0 Å². The van der Waals surface area contributed by atoms with E-state index < -0.39 is 12.0 Å². The molecule has 4 nitrogen and oxygen atoms in total. The maximum absolute atomic E-state index is 11.5. The zero-order valence-corrected chi connectivity index (χ0v) is 12.7. The number of aliphatic carboxylic acids is 1. The van der Waals surface area contributed by atoms with Gasteiger partial charge in [0.2, 0.25) is 0 Å². The van der Waals surface area contributed by atoms with E-state index in [1.165, 1.54) is 11.3 Å². The number of carboxylic acids is 1. The van der Waals surface area contributed by atoms with Crippen molar-refractivity contribution >= 4 is 32.7 Å². The van der Waals surface area contributed by atoms with Gasteiger partial charge < -0.3 is 10.4 Å². The largest absolute Gasteiger partial charge is 0.480 e. The summed E-state index contributed by atoms with van der Waals surface area (Å²) >= 11 is 1.48. The van der Waals surface area contributed by atoms with E-state index in [1.54, 1.807) is 0 Å². The fourth-order valence-electron chi connectivity index (χ4n) is 2.30. The van der Waals surface area contributed by atoms with E-state index >= 15 is 0 Å². The maximum atomic E-state index is 11.5. The highest BCUT2D eigenvalue weighted by atomic mass is 32.1. The molecule has 0 saturated heterocycles. The molecule has 0 spiro atoms. The lowest BCUT2D eigenvalue weighted by Crippen LogP contribution is -2.29. The van der Waals surface area contributed by atoms with Crippen LogP contribution in [0.15, 0.2) is 54.6 Å². The van der Waals surface area contributed by atoms with Crippen molar-refractivity contribution in [2.24, 2.45) is 0 Å². The number of nitrogens with one attached hydrogen (secondary N) is 1. The van der Waals surface area contributed by atoms with Gasteiger partial charge in [0.25, 0.3) is 0 Å². The Morgan fingerprint density at radius 3 is 2.59 bits per heavy atom. The van der Waals surface area contributed by atoms with Gasteiger partial charge in [0.05, 0.1) is 10.2 Å². The number of carboxylic acid groups (broad SMARTS) is 1. The SMILES string of the molecule is O=C(O)C(CCc1ccccc1)Nc1nc2ccccc2s1. The number of benzene rings is 2. The molecular formula is C17H16N2O2S. The molecule has 3 rings (SSSR count). The Hall–Kier alpha value is -2.40. The summed E-state index contributed by atoms with van der Waals surface area (Å²) in [5.41, 5.74) is 2.03. The summed E-state index contributed by atoms with van der Waals surface area (Å²) in [6, 6.07) is 17.1. The van der Waals surface area contributed by atoms with Gasteiger partial charge in [-0.1, -0.05) is 53.8 Å². The van der Waals surface area contributed by atoms with E-state index in [4.69, 9.17) is 0 Å². The lowest BCUT2D eigenvalue weighted by molar-refractivity contribution is -0.138. The number of nitrogens with zero attached hydrogens (tertiary/aromatic N) is 1. The van der Waals surface area contributed by atoms with Gasteiger partial charge in [0, 0.05) is 0 Å². The molecule has 5 heteroatoms. The number of fused-ring (bicyclic) bond motifs is 1. The third-order valence-corrected chi connectivity index (χ3v) is 4.42. The average molecular weight is 312 g/mol. The molecule has 22 heavy (non-hydrogen) atoms. The highest BCUT2D eigenvalue weighted by Crippen LogP contribution is 2.26. The van der Waals surface area contributed by atoms with Crippen LogP contribution in [0.25, 0.3) is 10.2 Å². The summed E-state index contributed by atoms with van der Waals surface area (Å²) in [7, 11) is 0. The molecule has 2 aromatic carbocycles. The number of hydrogen-bond donors (Lipinski definition) is 2. The number of rotatable bonds is 6. The minimum atomic E-state index is -0.852. The van der Waals surface area contributed by atoms with Gasteiger partial charge in [0.15, 0.2) is 5.13 Å². The smallest absolute Gasteiger partial charge is 0.326 e. The highest BCUT2D eigenvalue weighted by Gasteiger charge is 2.18. The molecule has 0 amide bonds. The molecule has 1 aromatic heterocycles. The Labute approximate surface area is 132 Å². The van der Waals surface area contributed by atoms with Crippen molar-refractivity contribution in [1.29, 1.82) is 0 Å². The van der Waals surface area contributed by atoms with E-state index in [9.17, 15) is 9.90 Å². The summed E-state index contributed by atoms with van der Waals surface area (Å²) in [5.74, 6) is -0.852. The maximum Gasteiger partial charge on any atom is 0.326 e. The molecule has 0 aliphatic carbocycles. The minimum Gasteiger partial charge on any atom is -0.480 e. The topological polar surface area (TPSA) is 62.2 Å². The summed E-state index contributed by atoms with van der Waals surface area (Å²) in [6.07, 6.45) is 1.24. The van der Waals surface area contributed by atoms with Crippen molar-refractivity contribution in [3.63, 3.8) is 0 Å². The van der Waals surface area contributed by atoms with Gasteiger partial charge in [-0.15, -0.1) is 0 Å². The van der Waals surface area contributed by atoms with Gasteiger partial charge in [-0.05, 0) is 30.5 Å². The first kappa shape index (κ1) is 14.5. The van der Waals surface area contributed by atoms with Crippen LogP contribution in [0, 0.1) is 0 Å². The number of hydrogen-bond acceptors (Lipinski definition) is 4. The third-order valence-electron chi connectivity index (χ3n) is 3.45. The molecule has 3 aromatic rings. The van der Waals surface area contributed by atoms with Gasteiger partial charge >= 0.3 is 5.97 Å². The van der Waals surface area contributed by atoms with E-state index in [0.29, 0.717) is 11.6 Å². The van der Waals surface area contributed by atoms with E-state index in [-0.39, 0.29) is 0 Å². The van der Waals surface area contributed by atoms with Gasteiger partial charge in [-0.2, -0.15) is 0 Å². The second kappa shape index (κ2) is 6.58. The summed E-state index contributed by atoms with van der Waals surface area (Å²) < 4.78 is 1.05. The zero-order chi connectivity index (χ0) is 15.4. The molecule has 0 radical (unpaired) electrons. The van der Waals surface area contributed by atoms with E-state index in [1.807, 2.05) is 54.6 Å². The molecule has 0 fully saturated rings. The van der Waals surface area contributed by atoms with Crippen LogP contribution < -0.4 is 5.32 Å². The van der Waals surface area contributed by atoms with Crippen molar-refractivity contribution in [3.05, 3.63) is 60.2 Å². The first-order chi connectivity index (χ1) is 10.7. The highest BCUT2D eigenvalue weighted by molar-refractivity contribution is 7.22. The van der Waals surface area contributed by atoms with Gasteiger partial charge in [0.1, 0.15) is 6.04 Å². The number of thiazole rings is 1. The second-order valence-electron chi connectivity index (χ2n) is 5.05. The number of aryl methyl sites for hydroxylation is 1. The zero-order valence-electron chi connectivity index (χ0n) is 11.9. The van der Waals surface area contributed by atoms with Crippen LogP contribution in [0.4, 0.5) is 5.13 Å². The molecule has 0 aliphatic heterocycles. The average Bonchev–Trinajstić information content (AvgIpc) is 2.94. The summed E-state index contributed by atoms with van der Waals surface area (Å²) in [5, 5.41) is 13.1. The third kappa shape index (κ3) is 3.43. The Morgan fingerprint density at radius 1 is 1.14 bits per heavy atom. The quantitative estimate of drug-likeness (QED) is 0.727. The number of para-hydroxylation sites is 1. The Bertz CT molecular complexity index is 737.